The van der Waals surface area contributed by atoms with Crippen molar-refractivity contribution in [2.75, 3.05) is 19.6 Å². The van der Waals surface area contributed by atoms with Crippen molar-refractivity contribution in [2.45, 2.75) is 58.8 Å². The number of hydrogen-bond acceptors (Lipinski definition) is 2. The molecule has 1 spiro atoms. The third-order valence-electron chi connectivity index (χ3n) is 5.15. The second-order valence-electron chi connectivity index (χ2n) is 6.78. The lowest BCUT2D eigenvalue weighted by Crippen LogP contribution is -2.59. The van der Waals surface area contributed by atoms with Crippen molar-refractivity contribution < 1.29 is 9.90 Å². The van der Waals surface area contributed by atoms with Crippen LogP contribution in [-0.2, 0) is 4.79 Å². The van der Waals surface area contributed by atoms with E-state index in [1.54, 1.807) is 0 Å². The Bertz CT molecular complexity index is 300. The summed E-state index contributed by atoms with van der Waals surface area (Å²) in [7, 11) is 0. The first-order valence-electron chi connectivity index (χ1n) is 7.45. The molecule has 1 heterocycles. The molecule has 1 atom stereocenters. The van der Waals surface area contributed by atoms with Gasteiger partial charge >= 0.3 is 5.97 Å². The first kappa shape index (κ1) is 13.9. The van der Waals surface area contributed by atoms with E-state index in [9.17, 15) is 9.90 Å². The van der Waals surface area contributed by atoms with Crippen LogP contribution in [0.25, 0.3) is 0 Å². The van der Waals surface area contributed by atoms with Crippen LogP contribution in [0.15, 0.2) is 0 Å². The Morgan fingerprint density at radius 1 is 1.22 bits per heavy atom. The number of carbonyl (C=O) groups is 1. The Morgan fingerprint density at radius 3 is 2.22 bits per heavy atom. The Hall–Kier alpha value is -0.570. The van der Waals surface area contributed by atoms with Crippen LogP contribution in [0, 0.1) is 10.8 Å². The highest BCUT2D eigenvalue weighted by atomic mass is 16.4. The zero-order valence-electron chi connectivity index (χ0n) is 11.9. The summed E-state index contributed by atoms with van der Waals surface area (Å²) in [6.07, 6.45) is 8.97. The van der Waals surface area contributed by atoms with Crippen molar-refractivity contribution >= 4 is 5.97 Å². The minimum atomic E-state index is -0.646. The predicted molar refractivity (Wildman–Crippen MR) is 72.6 cm³/mol. The summed E-state index contributed by atoms with van der Waals surface area (Å²) >= 11 is 0. The average molecular weight is 253 g/mol. The smallest absolute Gasteiger partial charge is 0.310 e. The van der Waals surface area contributed by atoms with Crippen LogP contribution in [0.4, 0.5) is 0 Å². The molecule has 0 aromatic carbocycles. The quantitative estimate of drug-likeness (QED) is 0.836. The van der Waals surface area contributed by atoms with Gasteiger partial charge in [-0.05, 0) is 31.6 Å². The molecule has 1 saturated carbocycles. The van der Waals surface area contributed by atoms with Crippen molar-refractivity contribution in [3.8, 4) is 0 Å². The summed E-state index contributed by atoms with van der Waals surface area (Å²) < 4.78 is 0. The largest absolute Gasteiger partial charge is 0.481 e. The number of nitrogens with zero attached hydrogens (tertiary/aromatic N) is 1. The molecule has 2 aliphatic rings. The summed E-state index contributed by atoms with van der Waals surface area (Å²) in [5.41, 5.74) is -0.0179. The van der Waals surface area contributed by atoms with Crippen LogP contribution < -0.4 is 0 Å². The van der Waals surface area contributed by atoms with E-state index < -0.39 is 11.4 Å². The number of aliphatic carboxylic acids is 1. The van der Waals surface area contributed by atoms with Crippen LogP contribution in [0.3, 0.4) is 0 Å². The first-order valence-corrected chi connectivity index (χ1v) is 7.45. The number of carboxylic acids is 1. The molecule has 3 heteroatoms. The topological polar surface area (TPSA) is 40.5 Å². The van der Waals surface area contributed by atoms with Gasteiger partial charge in [0.1, 0.15) is 0 Å². The second-order valence-corrected chi connectivity index (χ2v) is 6.78. The Labute approximate surface area is 111 Å². The summed E-state index contributed by atoms with van der Waals surface area (Å²) in [5, 5.41) is 9.32. The highest BCUT2D eigenvalue weighted by Crippen LogP contribution is 2.43. The molecule has 3 nitrogen and oxygen atoms in total. The van der Waals surface area contributed by atoms with E-state index in [2.05, 4.69) is 4.90 Å². The van der Waals surface area contributed by atoms with E-state index in [1.165, 1.54) is 38.5 Å². The SMILES string of the molecule is CCC(C)(CN1CC2(CCCCCC2)C1)C(=O)O. The fourth-order valence-corrected chi connectivity index (χ4v) is 3.63. The van der Waals surface area contributed by atoms with E-state index in [-0.39, 0.29) is 0 Å². The zero-order valence-corrected chi connectivity index (χ0v) is 11.9. The Morgan fingerprint density at radius 2 is 1.78 bits per heavy atom. The molecule has 1 aliphatic carbocycles. The number of hydrogen-bond donors (Lipinski definition) is 1. The van der Waals surface area contributed by atoms with Crippen LogP contribution in [0.1, 0.15) is 58.8 Å². The molecule has 1 N–H and O–H groups in total. The molecule has 0 aromatic heterocycles. The molecule has 0 aromatic rings. The van der Waals surface area contributed by atoms with Gasteiger partial charge in [-0.25, -0.2) is 0 Å². The van der Waals surface area contributed by atoms with Crippen LogP contribution >= 0.6 is 0 Å². The fourth-order valence-electron chi connectivity index (χ4n) is 3.63. The molecule has 0 bridgehead atoms. The fraction of sp³-hybridized carbons (Fsp3) is 0.933. The Kier molecular flexibility index (Phi) is 4.00. The molecule has 2 rings (SSSR count). The minimum absolute atomic E-state index is 0.545. The first-order chi connectivity index (χ1) is 8.50. The van der Waals surface area contributed by atoms with Crippen molar-refractivity contribution in [3.05, 3.63) is 0 Å². The molecule has 2 fully saturated rings. The number of carboxylic acid groups (broad SMARTS) is 1. The number of rotatable bonds is 4. The third-order valence-corrected chi connectivity index (χ3v) is 5.15. The van der Waals surface area contributed by atoms with Crippen LogP contribution in [0.5, 0.6) is 0 Å². The van der Waals surface area contributed by atoms with E-state index in [0.717, 1.165) is 19.6 Å². The highest BCUT2D eigenvalue weighted by molar-refractivity contribution is 5.74. The molecule has 0 radical (unpaired) electrons. The Balaban J connectivity index is 1.86. The van der Waals surface area contributed by atoms with Crippen LogP contribution in [-0.4, -0.2) is 35.6 Å². The summed E-state index contributed by atoms with van der Waals surface area (Å²) in [6, 6.07) is 0. The maximum Gasteiger partial charge on any atom is 0.310 e. The zero-order chi connectivity index (χ0) is 13.2. The van der Waals surface area contributed by atoms with Gasteiger partial charge in [0.2, 0.25) is 0 Å². The van der Waals surface area contributed by atoms with E-state index in [1.807, 2.05) is 13.8 Å². The normalized spacial score (nSPS) is 27.2. The maximum absolute atomic E-state index is 11.3. The van der Waals surface area contributed by atoms with Gasteiger partial charge in [-0.1, -0.05) is 32.6 Å². The lowest BCUT2D eigenvalue weighted by molar-refractivity contribution is -0.152. The lowest BCUT2D eigenvalue weighted by atomic mass is 9.72. The third kappa shape index (κ3) is 2.71. The molecule has 1 aliphatic heterocycles. The lowest BCUT2D eigenvalue weighted by Gasteiger charge is -2.52. The van der Waals surface area contributed by atoms with Crippen LogP contribution in [0.2, 0.25) is 0 Å². The van der Waals surface area contributed by atoms with Gasteiger partial charge in [0.25, 0.3) is 0 Å². The maximum atomic E-state index is 11.3. The van der Waals surface area contributed by atoms with Gasteiger partial charge in [0.15, 0.2) is 0 Å². The standard InChI is InChI=1S/C15H27NO2/c1-3-14(2,13(17)18)10-16-11-15(12-16)8-6-4-5-7-9-15/h3-12H2,1-2H3,(H,17,18). The van der Waals surface area contributed by atoms with Gasteiger partial charge in [-0.15, -0.1) is 0 Å². The van der Waals surface area contributed by atoms with E-state index >= 15 is 0 Å². The van der Waals surface area contributed by atoms with Gasteiger partial charge < -0.3 is 10.0 Å². The molecule has 104 valence electrons. The van der Waals surface area contributed by atoms with E-state index in [4.69, 9.17) is 0 Å². The summed E-state index contributed by atoms with van der Waals surface area (Å²) in [5.74, 6) is -0.646. The van der Waals surface area contributed by atoms with Gasteiger partial charge in [-0.3, -0.25) is 4.79 Å². The molecular formula is C15H27NO2. The molecule has 1 saturated heterocycles. The highest BCUT2D eigenvalue weighted by Gasteiger charge is 2.45. The predicted octanol–water partition coefficient (Wildman–Crippen LogP) is 3.14. The minimum Gasteiger partial charge on any atom is -0.481 e. The molecule has 1 unspecified atom stereocenters. The van der Waals surface area contributed by atoms with Gasteiger partial charge in [-0.2, -0.15) is 0 Å². The van der Waals surface area contributed by atoms with Gasteiger partial charge in [0, 0.05) is 19.6 Å². The number of likely N-dealkylation sites (tertiary alicyclic amines) is 1. The van der Waals surface area contributed by atoms with Gasteiger partial charge in [0.05, 0.1) is 5.41 Å². The van der Waals surface area contributed by atoms with Crippen molar-refractivity contribution in [3.63, 3.8) is 0 Å². The van der Waals surface area contributed by atoms with Crippen molar-refractivity contribution in [1.29, 1.82) is 0 Å². The summed E-state index contributed by atoms with van der Waals surface area (Å²) in [4.78, 5) is 13.7. The van der Waals surface area contributed by atoms with Crippen molar-refractivity contribution in [1.82, 2.24) is 4.90 Å². The molecule has 18 heavy (non-hydrogen) atoms. The van der Waals surface area contributed by atoms with E-state index in [0.29, 0.717) is 11.8 Å². The molecular weight excluding hydrogens is 226 g/mol. The molecule has 0 amide bonds. The monoisotopic (exact) mass is 253 g/mol. The summed E-state index contributed by atoms with van der Waals surface area (Å²) in [6.45, 7) is 6.86. The van der Waals surface area contributed by atoms with Crippen molar-refractivity contribution in [2.24, 2.45) is 10.8 Å². The average Bonchev–Trinajstić information content (AvgIpc) is 2.53. The second kappa shape index (κ2) is 5.20.